The first kappa shape index (κ1) is 18.0. The largest absolute Gasteiger partial charge is 0.385 e. The maximum atomic E-state index is 13.3. The second-order valence-electron chi connectivity index (χ2n) is 8.27. The molecule has 0 aromatic heterocycles. The molecule has 4 heteroatoms. The van der Waals surface area contributed by atoms with Crippen LogP contribution in [0.15, 0.2) is 30.3 Å². The molecule has 26 heavy (non-hydrogen) atoms. The molecular formula is C22H32N2O2. The topological polar surface area (TPSA) is 32.8 Å². The number of methoxy groups -OCH3 is 1. The SMILES string of the molecule is COCCC1CCN(C(=O)[C@@H]2C[C@H](c3ccccc3)N3CCC[C@@H]23)CC1. The molecule has 1 amide bonds. The molecule has 0 bridgehead atoms. The molecule has 0 aliphatic carbocycles. The van der Waals surface area contributed by atoms with E-state index in [4.69, 9.17) is 4.74 Å². The minimum absolute atomic E-state index is 0.193. The van der Waals surface area contributed by atoms with Gasteiger partial charge in [0.2, 0.25) is 5.91 Å². The highest BCUT2D eigenvalue weighted by molar-refractivity contribution is 5.80. The highest BCUT2D eigenvalue weighted by Gasteiger charge is 2.48. The average Bonchev–Trinajstić information content (AvgIpc) is 3.29. The van der Waals surface area contributed by atoms with Gasteiger partial charge < -0.3 is 9.64 Å². The fraction of sp³-hybridized carbons (Fsp3) is 0.682. The van der Waals surface area contributed by atoms with E-state index in [1.54, 1.807) is 7.11 Å². The Kier molecular flexibility index (Phi) is 5.60. The molecule has 3 saturated heterocycles. The van der Waals surface area contributed by atoms with Gasteiger partial charge in [-0.2, -0.15) is 0 Å². The lowest BCUT2D eigenvalue weighted by molar-refractivity contribution is -0.137. The summed E-state index contributed by atoms with van der Waals surface area (Å²) < 4.78 is 5.22. The zero-order valence-electron chi connectivity index (χ0n) is 16.0. The summed E-state index contributed by atoms with van der Waals surface area (Å²) in [6.45, 7) is 3.86. The van der Waals surface area contributed by atoms with Crippen molar-refractivity contribution in [1.29, 1.82) is 0 Å². The summed E-state index contributed by atoms with van der Waals surface area (Å²) in [6, 6.07) is 11.7. The van der Waals surface area contributed by atoms with Crippen LogP contribution in [0.1, 0.15) is 50.1 Å². The molecule has 4 nitrogen and oxygen atoms in total. The van der Waals surface area contributed by atoms with Crippen LogP contribution in [0.2, 0.25) is 0 Å². The van der Waals surface area contributed by atoms with Gasteiger partial charge in [0.25, 0.3) is 0 Å². The molecule has 0 unspecified atom stereocenters. The Balaban J connectivity index is 1.40. The summed E-state index contributed by atoms with van der Waals surface area (Å²) in [5.74, 6) is 1.34. The van der Waals surface area contributed by atoms with Crippen LogP contribution in [0, 0.1) is 11.8 Å². The van der Waals surface area contributed by atoms with Gasteiger partial charge >= 0.3 is 0 Å². The van der Waals surface area contributed by atoms with E-state index in [1.165, 1.54) is 18.4 Å². The van der Waals surface area contributed by atoms with E-state index in [0.717, 1.165) is 57.8 Å². The predicted octanol–water partition coefficient (Wildman–Crippen LogP) is 3.49. The summed E-state index contributed by atoms with van der Waals surface area (Å²) in [5.41, 5.74) is 1.38. The van der Waals surface area contributed by atoms with Gasteiger partial charge in [0, 0.05) is 38.9 Å². The fourth-order valence-electron chi connectivity index (χ4n) is 5.40. The number of amides is 1. The summed E-state index contributed by atoms with van der Waals surface area (Å²) in [5, 5.41) is 0. The number of ether oxygens (including phenoxy) is 1. The molecule has 3 fully saturated rings. The lowest BCUT2D eigenvalue weighted by atomic mass is 9.90. The molecule has 1 aromatic rings. The van der Waals surface area contributed by atoms with Crippen molar-refractivity contribution in [3.63, 3.8) is 0 Å². The van der Waals surface area contributed by atoms with Crippen LogP contribution >= 0.6 is 0 Å². The van der Waals surface area contributed by atoms with Crippen molar-refractivity contribution >= 4 is 5.91 Å². The summed E-state index contributed by atoms with van der Waals surface area (Å²) in [4.78, 5) is 18.1. The Bertz CT molecular complexity index is 597. The number of piperidine rings is 1. The quantitative estimate of drug-likeness (QED) is 0.810. The molecule has 142 valence electrons. The van der Waals surface area contributed by atoms with Crippen molar-refractivity contribution < 1.29 is 9.53 Å². The molecule has 4 rings (SSSR count). The lowest BCUT2D eigenvalue weighted by Crippen LogP contribution is -2.44. The van der Waals surface area contributed by atoms with Crippen LogP contribution in [0.4, 0.5) is 0 Å². The number of hydrogen-bond acceptors (Lipinski definition) is 3. The Hall–Kier alpha value is -1.39. The normalized spacial score (nSPS) is 29.9. The van der Waals surface area contributed by atoms with Gasteiger partial charge in [0.1, 0.15) is 0 Å². The third-order valence-corrected chi connectivity index (χ3v) is 6.84. The molecule has 3 aliphatic rings. The summed E-state index contributed by atoms with van der Waals surface area (Å²) >= 11 is 0. The number of nitrogens with zero attached hydrogens (tertiary/aromatic N) is 2. The van der Waals surface area contributed by atoms with Crippen molar-refractivity contribution in [2.24, 2.45) is 11.8 Å². The molecule has 1 aromatic carbocycles. The van der Waals surface area contributed by atoms with Crippen LogP contribution in [-0.4, -0.2) is 55.1 Å². The molecule has 0 radical (unpaired) electrons. The van der Waals surface area contributed by atoms with E-state index in [1.807, 2.05) is 0 Å². The van der Waals surface area contributed by atoms with Crippen LogP contribution in [0.3, 0.4) is 0 Å². The van der Waals surface area contributed by atoms with Crippen LogP contribution in [0.25, 0.3) is 0 Å². The standard InChI is InChI=1S/C22H32N2O2/c1-26-15-11-17-9-13-23(14-10-17)22(25)19-16-21(18-6-3-2-4-7-18)24-12-5-8-20(19)24/h2-4,6-7,17,19-21H,5,8-16H2,1H3/t19-,20+,21-/m1/s1. The average molecular weight is 357 g/mol. The molecule has 0 saturated carbocycles. The number of rotatable bonds is 5. The zero-order chi connectivity index (χ0) is 17.9. The lowest BCUT2D eigenvalue weighted by Gasteiger charge is -2.34. The van der Waals surface area contributed by atoms with Crippen molar-refractivity contribution in [2.45, 2.75) is 50.6 Å². The minimum Gasteiger partial charge on any atom is -0.385 e. The molecule has 3 aliphatic heterocycles. The molecule has 3 atom stereocenters. The zero-order valence-corrected chi connectivity index (χ0v) is 16.0. The van der Waals surface area contributed by atoms with E-state index in [0.29, 0.717) is 18.0 Å². The van der Waals surface area contributed by atoms with Crippen LogP contribution < -0.4 is 0 Å². The molecular weight excluding hydrogens is 324 g/mol. The van der Waals surface area contributed by atoms with Crippen LogP contribution in [0.5, 0.6) is 0 Å². The maximum absolute atomic E-state index is 13.3. The van der Waals surface area contributed by atoms with E-state index in [-0.39, 0.29) is 5.92 Å². The number of fused-ring (bicyclic) bond motifs is 1. The van der Waals surface area contributed by atoms with Gasteiger partial charge in [-0.3, -0.25) is 9.69 Å². The minimum atomic E-state index is 0.193. The Morgan fingerprint density at radius 3 is 2.62 bits per heavy atom. The third-order valence-electron chi connectivity index (χ3n) is 6.84. The second-order valence-corrected chi connectivity index (χ2v) is 8.27. The van der Waals surface area contributed by atoms with E-state index in [9.17, 15) is 4.79 Å². The number of carbonyl (C=O) groups is 1. The first-order valence-electron chi connectivity index (χ1n) is 10.4. The van der Waals surface area contributed by atoms with Crippen molar-refractivity contribution in [3.8, 4) is 0 Å². The van der Waals surface area contributed by atoms with Crippen molar-refractivity contribution in [2.75, 3.05) is 33.4 Å². The van der Waals surface area contributed by atoms with E-state index in [2.05, 4.69) is 40.1 Å². The first-order valence-corrected chi connectivity index (χ1v) is 10.4. The Morgan fingerprint density at radius 2 is 1.88 bits per heavy atom. The van der Waals surface area contributed by atoms with Crippen molar-refractivity contribution in [1.82, 2.24) is 9.80 Å². The molecule has 3 heterocycles. The number of hydrogen-bond donors (Lipinski definition) is 0. The third kappa shape index (κ3) is 3.54. The maximum Gasteiger partial charge on any atom is 0.227 e. The van der Waals surface area contributed by atoms with E-state index < -0.39 is 0 Å². The number of carbonyl (C=O) groups excluding carboxylic acids is 1. The monoisotopic (exact) mass is 356 g/mol. The second kappa shape index (κ2) is 8.10. The molecule has 0 spiro atoms. The highest BCUT2D eigenvalue weighted by Crippen LogP contribution is 2.45. The Labute approximate surface area is 157 Å². The van der Waals surface area contributed by atoms with Crippen molar-refractivity contribution in [3.05, 3.63) is 35.9 Å². The van der Waals surface area contributed by atoms with Gasteiger partial charge in [-0.1, -0.05) is 30.3 Å². The van der Waals surface area contributed by atoms with E-state index >= 15 is 0 Å². The van der Waals surface area contributed by atoms with Gasteiger partial charge in [0.05, 0.1) is 5.92 Å². The number of benzene rings is 1. The predicted molar refractivity (Wildman–Crippen MR) is 103 cm³/mol. The van der Waals surface area contributed by atoms with Gasteiger partial charge in [-0.25, -0.2) is 0 Å². The van der Waals surface area contributed by atoms with Gasteiger partial charge in [-0.15, -0.1) is 0 Å². The Morgan fingerprint density at radius 1 is 1.12 bits per heavy atom. The number of likely N-dealkylation sites (tertiary alicyclic amines) is 1. The summed E-state index contributed by atoms with van der Waals surface area (Å²) in [7, 11) is 1.77. The highest BCUT2D eigenvalue weighted by atomic mass is 16.5. The van der Waals surface area contributed by atoms with Crippen LogP contribution in [-0.2, 0) is 9.53 Å². The first-order chi connectivity index (χ1) is 12.8. The summed E-state index contributed by atoms with van der Waals surface area (Å²) in [6.07, 6.45) is 6.82. The fourth-order valence-corrected chi connectivity index (χ4v) is 5.40. The molecule has 0 N–H and O–H groups in total. The van der Waals surface area contributed by atoms with Gasteiger partial charge in [-0.05, 0) is 56.6 Å². The smallest absolute Gasteiger partial charge is 0.227 e. The van der Waals surface area contributed by atoms with Gasteiger partial charge in [0.15, 0.2) is 0 Å².